The number of ether oxygens (including phenoxy) is 1. The molecule has 0 atom stereocenters. The first-order valence-electron chi connectivity index (χ1n) is 7.41. The van der Waals surface area contributed by atoms with Gasteiger partial charge in [-0.25, -0.2) is 4.79 Å². The molecule has 2 rings (SSSR count). The van der Waals surface area contributed by atoms with Crippen LogP contribution in [0.4, 0.5) is 5.69 Å². The zero-order valence-corrected chi connectivity index (χ0v) is 15.3. The van der Waals surface area contributed by atoms with E-state index < -0.39 is 5.97 Å². The Morgan fingerprint density at radius 2 is 1.88 bits per heavy atom. The number of halogens is 2. The Bertz CT molecular complexity index is 837. The van der Waals surface area contributed by atoms with Crippen LogP contribution in [0.2, 0.25) is 10.0 Å². The summed E-state index contributed by atoms with van der Waals surface area (Å²) in [6.07, 6.45) is 1.49. The Kier molecular flexibility index (Phi) is 6.46. The first kappa shape index (κ1) is 18.9. The van der Waals surface area contributed by atoms with Gasteiger partial charge in [0.15, 0.2) is 0 Å². The third kappa shape index (κ3) is 5.25. The Hall–Kier alpha value is -2.48. The fourth-order valence-corrected chi connectivity index (χ4v) is 2.50. The van der Waals surface area contributed by atoms with Crippen molar-refractivity contribution in [2.24, 2.45) is 0 Å². The Labute approximate surface area is 156 Å². The van der Waals surface area contributed by atoms with Crippen LogP contribution in [0, 0.1) is 11.3 Å². The molecule has 25 heavy (non-hydrogen) atoms. The summed E-state index contributed by atoms with van der Waals surface area (Å²) in [5, 5.41) is 10.1. The van der Waals surface area contributed by atoms with Crippen molar-refractivity contribution in [3.8, 4) is 6.07 Å². The van der Waals surface area contributed by atoms with Crippen molar-refractivity contribution in [3.63, 3.8) is 0 Å². The highest BCUT2D eigenvalue weighted by Gasteiger charge is 2.12. The van der Waals surface area contributed by atoms with Crippen molar-refractivity contribution >= 4 is 40.9 Å². The van der Waals surface area contributed by atoms with Crippen LogP contribution in [0.25, 0.3) is 6.08 Å². The van der Waals surface area contributed by atoms with Crippen molar-refractivity contribution in [2.75, 3.05) is 19.0 Å². The second-order valence-corrected chi connectivity index (χ2v) is 6.31. The molecule has 0 amide bonds. The van der Waals surface area contributed by atoms with Crippen LogP contribution in [0.3, 0.4) is 0 Å². The average molecular weight is 375 g/mol. The van der Waals surface area contributed by atoms with E-state index in [0.29, 0.717) is 15.6 Å². The SMILES string of the molecule is CN(C)c1ccc(/C=C(\C#N)C(=O)OCc2ccc(Cl)cc2Cl)cc1. The number of benzene rings is 2. The lowest BCUT2D eigenvalue weighted by Crippen LogP contribution is -2.08. The maximum Gasteiger partial charge on any atom is 0.349 e. The lowest BCUT2D eigenvalue weighted by atomic mass is 10.1. The monoisotopic (exact) mass is 374 g/mol. The van der Waals surface area contributed by atoms with E-state index in [9.17, 15) is 10.1 Å². The lowest BCUT2D eigenvalue weighted by molar-refractivity contribution is -0.139. The zero-order chi connectivity index (χ0) is 18.4. The summed E-state index contributed by atoms with van der Waals surface area (Å²) in [5.74, 6) is -0.704. The minimum atomic E-state index is -0.704. The minimum absolute atomic E-state index is 0.0343. The summed E-state index contributed by atoms with van der Waals surface area (Å²) >= 11 is 11.9. The van der Waals surface area contributed by atoms with Crippen molar-refractivity contribution < 1.29 is 9.53 Å². The van der Waals surface area contributed by atoms with Crippen LogP contribution >= 0.6 is 23.2 Å². The molecule has 0 unspecified atom stereocenters. The fourth-order valence-electron chi connectivity index (χ4n) is 2.03. The predicted octanol–water partition coefficient (Wildman–Crippen LogP) is 4.71. The summed E-state index contributed by atoms with van der Waals surface area (Å²) in [5.41, 5.74) is 2.30. The molecule has 0 N–H and O–H groups in total. The molecular formula is C19H16Cl2N2O2. The van der Waals surface area contributed by atoms with Gasteiger partial charge in [0.25, 0.3) is 0 Å². The topological polar surface area (TPSA) is 53.3 Å². The highest BCUT2D eigenvalue weighted by molar-refractivity contribution is 6.35. The molecule has 0 aliphatic rings. The van der Waals surface area contributed by atoms with E-state index in [1.54, 1.807) is 18.2 Å². The Morgan fingerprint density at radius 1 is 1.20 bits per heavy atom. The van der Waals surface area contributed by atoms with Crippen LogP contribution in [0.1, 0.15) is 11.1 Å². The molecule has 0 fully saturated rings. The zero-order valence-electron chi connectivity index (χ0n) is 13.8. The molecule has 4 nitrogen and oxygen atoms in total. The van der Waals surface area contributed by atoms with E-state index in [0.717, 1.165) is 11.3 Å². The Balaban J connectivity index is 2.08. The minimum Gasteiger partial charge on any atom is -0.457 e. The molecule has 2 aromatic rings. The molecule has 6 heteroatoms. The standard InChI is InChI=1S/C19H16Cl2N2O2/c1-23(2)17-7-3-13(4-8-17)9-15(11-22)19(24)25-12-14-5-6-16(20)10-18(14)21/h3-10H,12H2,1-2H3/b15-9+. The molecule has 0 aromatic heterocycles. The van der Waals surface area contributed by atoms with Gasteiger partial charge in [0.2, 0.25) is 0 Å². The number of carbonyl (C=O) groups excluding carboxylic acids is 1. The van der Waals surface area contributed by atoms with Crippen LogP contribution in [-0.2, 0) is 16.1 Å². The molecule has 0 heterocycles. The van der Waals surface area contributed by atoms with Gasteiger partial charge in [-0.2, -0.15) is 5.26 Å². The number of anilines is 1. The predicted molar refractivity (Wildman–Crippen MR) is 101 cm³/mol. The van der Waals surface area contributed by atoms with Gasteiger partial charge in [0.1, 0.15) is 18.2 Å². The molecule has 0 saturated carbocycles. The first-order chi connectivity index (χ1) is 11.9. The Morgan fingerprint density at radius 3 is 2.44 bits per heavy atom. The van der Waals surface area contributed by atoms with Gasteiger partial charge >= 0.3 is 5.97 Å². The van der Waals surface area contributed by atoms with Gasteiger partial charge in [0.05, 0.1) is 0 Å². The summed E-state index contributed by atoms with van der Waals surface area (Å²) in [6, 6.07) is 14.2. The number of hydrogen-bond donors (Lipinski definition) is 0. The van der Waals surface area contributed by atoms with Gasteiger partial charge in [-0.15, -0.1) is 0 Å². The average Bonchev–Trinajstić information content (AvgIpc) is 2.59. The van der Waals surface area contributed by atoms with Crippen LogP contribution in [0.5, 0.6) is 0 Å². The van der Waals surface area contributed by atoms with E-state index in [4.69, 9.17) is 27.9 Å². The first-order valence-corrected chi connectivity index (χ1v) is 8.16. The maximum atomic E-state index is 12.1. The van der Waals surface area contributed by atoms with Crippen LogP contribution in [0.15, 0.2) is 48.0 Å². The fraction of sp³-hybridized carbons (Fsp3) is 0.158. The van der Waals surface area contributed by atoms with Crippen LogP contribution < -0.4 is 4.90 Å². The molecule has 2 aromatic carbocycles. The second-order valence-electron chi connectivity index (χ2n) is 5.47. The lowest BCUT2D eigenvalue weighted by Gasteiger charge is -2.12. The number of esters is 1. The van der Waals surface area contributed by atoms with Gasteiger partial charge < -0.3 is 9.64 Å². The largest absolute Gasteiger partial charge is 0.457 e. The molecule has 0 aliphatic heterocycles. The number of hydrogen-bond acceptors (Lipinski definition) is 4. The van der Waals surface area contributed by atoms with E-state index in [1.165, 1.54) is 6.08 Å². The van der Waals surface area contributed by atoms with Gasteiger partial charge in [-0.05, 0) is 35.9 Å². The second kappa shape index (κ2) is 8.57. The number of carbonyl (C=O) groups is 1. The van der Waals surface area contributed by atoms with Gasteiger partial charge in [-0.1, -0.05) is 41.4 Å². The van der Waals surface area contributed by atoms with E-state index in [2.05, 4.69) is 0 Å². The van der Waals surface area contributed by atoms with Gasteiger partial charge in [-0.3, -0.25) is 0 Å². The molecular weight excluding hydrogens is 359 g/mol. The summed E-state index contributed by atoms with van der Waals surface area (Å²) in [4.78, 5) is 14.1. The highest BCUT2D eigenvalue weighted by atomic mass is 35.5. The molecule has 0 aliphatic carbocycles. The summed E-state index contributed by atoms with van der Waals surface area (Å²) < 4.78 is 5.17. The summed E-state index contributed by atoms with van der Waals surface area (Å²) in [7, 11) is 3.87. The van der Waals surface area contributed by atoms with Crippen molar-refractivity contribution in [3.05, 3.63) is 69.2 Å². The quantitative estimate of drug-likeness (QED) is 0.432. The molecule has 0 saturated heterocycles. The van der Waals surface area contributed by atoms with E-state index in [1.807, 2.05) is 49.3 Å². The maximum absolute atomic E-state index is 12.1. The summed E-state index contributed by atoms with van der Waals surface area (Å²) in [6.45, 7) is -0.0343. The van der Waals surface area contributed by atoms with Crippen LogP contribution in [-0.4, -0.2) is 20.1 Å². The molecule has 0 bridgehead atoms. The molecule has 0 spiro atoms. The van der Waals surface area contributed by atoms with Crippen molar-refractivity contribution in [1.82, 2.24) is 0 Å². The number of nitriles is 1. The smallest absolute Gasteiger partial charge is 0.349 e. The van der Waals surface area contributed by atoms with Gasteiger partial charge in [0, 0.05) is 35.4 Å². The third-order valence-electron chi connectivity index (χ3n) is 3.43. The normalized spacial score (nSPS) is 10.9. The number of rotatable bonds is 5. The van der Waals surface area contributed by atoms with E-state index >= 15 is 0 Å². The highest BCUT2D eigenvalue weighted by Crippen LogP contribution is 2.22. The number of nitrogens with zero attached hydrogens (tertiary/aromatic N) is 2. The van der Waals surface area contributed by atoms with E-state index in [-0.39, 0.29) is 12.2 Å². The van der Waals surface area contributed by atoms with Crippen molar-refractivity contribution in [1.29, 1.82) is 5.26 Å². The van der Waals surface area contributed by atoms with Crippen molar-refractivity contribution in [2.45, 2.75) is 6.61 Å². The molecule has 0 radical (unpaired) electrons. The third-order valence-corrected chi connectivity index (χ3v) is 4.02. The molecule has 128 valence electrons.